The minimum absolute atomic E-state index is 0.119. The maximum Gasteiger partial charge on any atom is 0.326 e. The molecule has 0 aliphatic carbocycles. The van der Waals surface area contributed by atoms with Gasteiger partial charge in [0.05, 0.1) is 0 Å². The van der Waals surface area contributed by atoms with Crippen LogP contribution in [-0.2, 0) is 4.79 Å². The summed E-state index contributed by atoms with van der Waals surface area (Å²) in [5, 5.41) is 11.7. The molecule has 1 unspecified atom stereocenters. The van der Waals surface area contributed by atoms with Gasteiger partial charge < -0.3 is 15.3 Å². The Morgan fingerprint density at radius 2 is 1.89 bits per heavy atom. The molecule has 1 aliphatic heterocycles. The van der Waals surface area contributed by atoms with Gasteiger partial charge >= 0.3 is 12.0 Å². The number of rotatable bonds is 4. The highest BCUT2D eigenvalue weighted by molar-refractivity contribution is 5.83. The number of nitrogens with zero attached hydrogens (tertiary/aromatic N) is 1. The van der Waals surface area contributed by atoms with Crippen LogP contribution >= 0.6 is 0 Å². The molecule has 5 heteroatoms. The Balaban J connectivity index is 2.66. The Morgan fingerprint density at radius 1 is 1.28 bits per heavy atom. The van der Waals surface area contributed by atoms with Gasteiger partial charge in [0.1, 0.15) is 6.04 Å². The first kappa shape index (κ1) is 14.8. The lowest BCUT2D eigenvalue weighted by molar-refractivity contribution is -0.140. The van der Waals surface area contributed by atoms with E-state index >= 15 is 0 Å². The van der Waals surface area contributed by atoms with E-state index in [4.69, 9.17) is 5.11 Å². The van der Waals surface area contributed by atoms with E-state index in [2.05, 4.69) is 19.2 Å². The number of nitrogens with one attached hydrogen (secondary N) is 1. The number of aliphatic carboxylic acids is 1. The normalized spacial score (nSPS) is 21.4. The number of urea groups is 1. The molecule has 0 saturated carbocycles. The molecule has 2 atom stereocenters. The number of likely N-dealkylation sites (tertiary alicyclic amines) is 1. The van der Waals surface area contributed by atoms with Crippen LogP contribution in [0.1, 0.15) is 40.5 Å². The molecule has 1 aliphatic rings. The highest BCUT2D eigenvalue weighted by atomic mass is 16.4. The zero-order valence-corrected chi connectivity index (χ0v) is 11.6. The van der Waals surface area contributed by atoms with Crippen molar-refractivity contribution < 1.29 is 14.7 Å². The first-order chi connectivity index (χ1) is 8.34. The molecule has 0 aromatic heterocycles. The van der Waals surface area contributed by atoms with Gasteiger partial charge in [-0.05, 0) is 24.7 Å². The third-order valence-corrected chi connectivity index (χ3v) is 3.54. The van der Waals surface area contributed by atoms with Gasteiger partial charge in [0.2, 0.25) is 0 Å². The van der Waals surface area contributed by atoms with Crippen LogP contribution < -0.4 is 5.32 Å². The molecule has 1 fully saturated rings. The molecule has 0 radical (unpaired) electrons. The van der Waals surface area contributed by atoms with Crippen LogP contribution in [0.15, 0.2) is 0 Å². The van der Waals surface area contributed by atoms with Crippen molar-refractivity contribution in [3.8, 4) is 0 Å². The third-order valence-electron chi connectivity index (χ3n) is 3.54. The molecule has 104 valence electrons. The molecule has 0 spiro atoms. The Kier molecular flexibility index (Phi) is 4.99. The highest BCUT2D eigenvalue weighted by Crippen LogP contribution is 2.23. The molecular weight excluding hydrogens is 232 g/mol. The first-order valence-corrected chi connectivity index (χ1v) is 6.64. The molecule has 0 bridgehead atoms. The SMILES string of the molecule is CC(C)C1CCCN1C(=O)N[C@H](C(=O)O)C(C)C. The van der Waals surface area contributed by atoms with Crippen LogP contribution in [0.3, 0.4) is 0 Å². The Labute approximate surface area is 109 Å². The number of hydrogen-bond donors (Lipinski definition) is 2. The zero-order valence-electron chi connectivity index (χ0n) is 11.6. The topological polar surface area (TPSA) is 69.6 Å². The van der Waals surface area contributed by atoms with E-state index in [-0.39, 0.29) is 18.0 Å². The summed E-state index contributed by atoms with van der Waals surface area (Å²) in [6.45, 7) is 8.49. The number of carbonyl (C=O) groups excluding carboxylic acids is 1. The second kappa shape index (κ2) is 6.07. The Bertz CT molecular complexity index is 315. The van der Waals surface area contributed by atoms with E-state index in [1.807, 2.05) is 0 Å². The predicted molar refractivity (Wildman–Crippen MR) is 69.4 cm³/mol. The number of carboxylic acids is 1. The lowest BCUT2D eigenvalue weighted by atomic mass is 10.0. The minimum Gasteiger partial charge on any atom is -0.480 e. The van der Waals surface area contributed by atoms with Crippen LogP contribution in [-0.4, -0.2) is 40.6 Å². The van der Waals surface area contributed by atoms with Crippen LogP contribution in [0.2, 0.25) is 0 Å². The van der Waals surface area contributed by atoms with Gasteiger partial charge in [-0.15, -0.1) is 0 Å². The zero-order chi connectivity index (χ0) is 13.9. The molecule has 0 aromatic carbocycles. The summed E-state index contributed by atoms with van der Waals surface area (Å²) in [4.78, 5) is 25.0. The standard InChI is InChI=1S/C13H24N2O3/c1-8(2)10-6-5-7-15(10)13(18)14-11(9(3)4)12(16)17/h8-11H,5-7H2,1-4H3,(H,14,18)(H,16,17)/t10?,11-/m0/s1. The molecule has 1 saturated heterocycles. The summed E-state index contributed by atoms with van der Waals surface area (Å²) >= 11 is 0. The summed E-state index contributed by atoms with van der Waals surface area (Å²) in [6, 6.07) is -0.829. The molecule has 1 rings (SSSR count). The maximum atomic E-state index is 12.1. The molecule has 5 nitrogen and oxygen atoms in total. The number of carboxylic acid groups (broad SMARTS) is 1. The van der Waals surface area contributed by atoms with Crippen molar-refractivity contribution in [3.05, 3.63) is 0 Å². The number of carbonyl (C=O) groups is 2. The molecule has 2 N–H and O–H groups in total. The van der Waals surface area contributed by atoms with Crippen LogP contribution in [0, 0.1) is 11.8 Å². The van der Waals surface area contributed by atoms with Crippen molar-refractivity contribution in [3.63, 3.8) is 0 Å². The monoisotopic (exact) mass is 256 g/mol. The first-order valence-electron chi connectivity index (χ1n) is 6.64. The van der Waals surface area contributed by atoms with Crippen LogP contribution in [0.25, 0.3) is 0 Å². The van der Waals surface area contributed by atoms with Crippen molar-refractivity contribution in [2.45, 2.75) is 52.6 Å². The highest BCUT2D eigenvalue weighted by Gasteiger charge is 2.33. The lowest BCUT2D eigenvalue weighted by Crippen LogP contribution is -2.52. The largest absolute Gasteiger partial charge is 0.480 e. The molecule has 18 heavy (non-hydrogen) atoms. The van der Waals surface area contributed by atoms with Crippen LogP contribution in [0.5, 0.6) is 0 Å². The minimum atomic E-state index is -0.973. The fraction of sp³-hybridized carbons (Fsp3) is 0.846. The van der Waals surface area contributed by atoms with Gasteiger partial charge in [-0.1, -0.05) is 27.7 Å². The van der Waals surface area contributed by atoms with Crippen LogP contribution in [0.4, 0.5) is 4.79 Å². The number of hydrogen-bond acceptors (Lipinski definition) is 2. The van der Waals surface area contributed by atoms with Gasteiger partial charge in [0.15, 0.2) is 0 Å². The summed E-state index contributed by atoms with van der Waals surface area (Å²) in [6.07, 6.45) is 2.00. The third kappa shape index (κ3) is 3.37. The van der Waals surface area contributed by atoms with Gasteiger partial charge in [-0.2, -0.15) is 0 Å². The second-order valence-electron chi connectivity index (χ2n) is 5.66. The molecular formula is C13H24N2O3. The van der Waals surface area contributed by atoms with E-state index in [0.29, 0.717) is 5.92 Å². The molecule has 1 heterocycles. The predicted octanol–water partition coefficient (Wildman–Crippen LogP) is 1.93. The molecule has 0 aromatic rings. The van der Waals surface area contributed by atoms with E-state index in [1.165, 1.54) is 0 Å². The van der Waals surface area contributed by atoms with Gasteiger partial charge in [-0.25, -0.2) is 9.59 Å². The summed E-state index contributed by atoms with van der Waals surface area (Å²) in [7, 11) is 0. The van der Waals surface area contributed by atoms with Crippen molar-refractivity contribution in [1.29, 1.82) is 0 Å². The summed E-state index contributed by atoms with van der Waals surface area (Å²) < 4.78 is 0. The van der Waals surface area contributed by atoms with E-state index in [0.717, 1.165) is 19.4 Å². The average molecular weight is 256 g/mol. The smallest absolute Gasteiger partial charge is 0.326 e. The van der Waals surface area contributed by atoms with E-state index in [1.54, 1.807) is 18.7 Å². The van der Waals surface area contributed by atoms with Gasteiger partial charge in [0.25, 0.3) is 0 Å². The summed E-state index contributed by atoms with van der Waals surface area (Å²) in [5.74, 6) is -0.689. The van der Waals surface area contributed by atoms with E-state index < -0.39 is 12.0 Å². The quantitative estimate of drug-likeness (QED) is 0.807. The van der Waals surface area contributed by atoms with Crippen molar-refractivity contribution in [2.75, 3.05) is 6.54 Å². The van der Waals surface area contributed by atoms with E-state index in [9.17, 15) is 9.59 Å². The van der Waals surface area contributed by atoms with Crippen molar-refractivity contribution in [1.82, 2.24) is 10.2 Å². The fourth-order valence-corrected chi connectivity index (χ4v) is 2.47. The van der Waals surface area contributed by atoms with Crippen molar-refractivity contribution >= 4 is 12.0 Å². The number of amides is 2. The second-order valence-corrected chi connectivity index (χ2v) is 5.66. The average Bonchev–Trinajstić information content (AvgIpc) is 2.73. The summed E-state index contributed by atoms with van der Waals surface area (Å²) in [5.41, 5.74) is 0. The maximum absolute atomic E-state index is 12.1. The lowest BCUT2D eigenvalue weighted by Gasteiger charge is -2.29. The fourth-order valence-electron chi connectivity index (χ4n) is 2.47. The Morgan fingerprint density at radius 3 is 2.33 bits per heavy atom. The van der Waals surface area contributed by atoms with Gasteiger partial charge in [0, 0.05) is 12.6 Å². The van der Waals surface area contributed by atoms with Crippen molar-refractivity contribution in [2.24, 2.45) is 11.8 Å². The Hall–Kier alpha value is -1.26. The van der Waals surface area contributed by atoms with Gasteiger partial charge in [-0.3, -0.25) is 0 Å². The molecule has 2 amide bonds.